The van der Waals surface area contributed by atoms with E-state index in [0.29, 0.717) is 18.6 Å². The molecule has 0 aliphatic rings. The van der Waals surface area contributed by atoms with Crippen molar-refractivity contribution in [3.8, 4) is 0 Å². The van der Waals surface area contributed by atoms with Crippen LogP contribution in [0, 0.1) is 5.92 Å². The van der Waals surface area contributed by atoms with Crippen molar-refractivity contribution in [1.82, 2.24) is 0 Å². The quantitative estimate of drug-likeness (QED) is 0.491. The van der Waals surface area contributed by atoms with E-state index in [1.54, 1.807) is 28.4 Å². The molecule has 0 heterocycles. The van der Waals surface area contributed by atoms with E-state index in [4.69, 9.17) is 23.7 Å². The highest BCUT2D eigenvalue weighted by atomic mass is 16.5. The number of hydrogen-bond acceptors (Lipinski definition) is 5. The number of rotatable bonds is 11. The molecule has 0 aliphatic heterocycles. The van der Waals surface area contributed by atoms with Crippen molar-refractivity contribution in [3.63, 3.8) is 0 Å². The molecule has 5 heteroatoms. The molecule has 2 atom stereocenters. The van der Waals surface area contributed by atoms with Gasteiger partial charge in [0.05, 0.1) is 18.8 Å². The van der Waals surface area contributed by atoms with Crippen LogP contribution in [0.1, 0.15) is 67.7 Å². The summed E-state index contributed by atoms with van der Waals surface area (Å²) in [6.45, 7) is 17.9. The van der Waals surface area contributed by atoms with Crippen LogP contribution in [0.3, 0.4) is 0 Å². The lowest BCUT2D eigenvalue weighted by atomic mass is 10.2. The normalized spacial score (nSPS) is 12.0. The van der Waals surface area contributed by atoms with Gasteiger partial charge in [-0.15, -0.1) is 0 Å². The van der Waals surface area contributed by atoms with Gasteiger partial charge in [-0.3, -0.25) is 0 Å². The van der Waals surface area contributed by atoms with Crippen molar-refractivity contribution in [3.05, 3.63) is 0 Å². The van der Waals surface area contributed by atoms with Gasteiger partial charge in [0.1, 0.15) is 0 Å². The molecule has 0 radical (unpaired) electrons. The fourth-order valence-corrected chi connectivity index (χ4v) is 1.31. The highest BCUT2D eigenvalue weighted by molar-refractivity contribution is 4.44. The van der Waals surface area contributed by atoms with E-state index in [2.05, 4.69) is 41.5 Å². The molecule has 0 amide bonds. The van der Waals surface area contributed by atoms with E-state index in [1.807, 2.05) is 6.92 Å². The second-order valence-corrected chi connectivity index (χ2v) is 6.43. The van der Waals surface area contributed by atoms with Gasteiger partial charge in [-0.1, -0.05) is 34.6 Å². The zero-order valence-corrected chi connectivity index (χ0v) is 19.7. The average Bonchev–Trinajstić information content (AvgIpc) is 2.61. The standard InChI is InChI=1S/C7H16O2.2C5H12O.C4H10O/c1-4-5-9-7(2)6-8-3;1-5(2)4-6-3;1-4-5(2)6-3;1-3-4-5-2/h7H,4-6H2,1-3H3;2*5H,4H2,1-3H3;3-4H2,1-2H3. The molecule has 0 aliphatic carbocycles. The van der Waals surface area contributed by atoms with E-state index in [0.717, 1.165) is 39.1 Å². The van der Waals surface area contributed by atoms with Crippen molar-refractivity contribution in [2.75, 3.05) is 54.9 Å². The first-order valence-electron chi connectivity index (χ1n) is 9.91. The predicted octanol–water partition coefficient (Wildman–Crippen LogP) is 5.21. The minimum Gasteiger partial charge on any atom is -0.385 e. The Labute approximate surface area is 165 Å². The van der Waals surface area contributed by atoms with Crippen LogP contribution in [-0.2, 0) is 23.7 Å². The molecule has 0 rings (SSSR count). The molecule has 2 unspecified atom stereocenters. The van der Waals surface area contributed by atoms with Gasteiger partial charge >= 0.3 is 0 Å². The van der Waals surface area contributed by atoms with Crippen molar-refractivity contribution in [2.24, 2.45) is 5.92 Å². The Morgan fingerprint density at radius 3 is 1.27 bits per heavy atom. The molecular formula is C21H50O5. The van der Waals surface area contributed by atoms with E-state index in [9.17, 15) is 0 Å². The van der Waals surface area contributed by atoms with Gasteiger partial charge in [0.25, 0.3) is 0 Å². The molecule has 5 nitrogen and oxygen atoms in total. The Hall–Kier alpha value is -0.200. The first kappa shape index (κ1) is 33.4. The van der Waals surface area contributed by atoms with Crippen LogP contribution in [0.15, 0.2) is 0 Å². The third-order valence-corrected chi connectivity index (χ3v) is 2.89. The highest BCUT2D eigenvalue weighted by Crippen LogP contribution is 1.91. The molecule has 0 aromatic carbocycles. The lowest BCUT2D eigenvalue weighted by Gasteiger charge is -2.09. The average molecular weight is 383 g/mol. The fourth-order valence-electron chi connectivity index (χ4n) is 1.31. The van der Waals surface area contributed by atoms with E-state index in [-0.39, 0.29) is 6.10 Å². The summed E-state index contributed by atoms with van der Waals surface area (Å²) in [6, 6.07) is 0. The van der Waals surface area contributed by atoms with E-state index >= 15 is 0 Å². The van der Waals surface area contributed by atoms with Crippen LogP contribution in [-0.4, -0.2) is 67.1 Å². The second kappa shape index (κ2) is 32.5. The number of ether oxygens (including phenoxy) is 5. The molecule has 0 aromatic rings. The summed E-state index contributed by atoms with van der Waals surface area (Å²) in [5, 5.41) is 0. The summed E-state index contributed by atoms with van der Waals surface area (Å²) in [4.78, 5) is 0. The summed E-state index contributed by atoms with van der Waals surface area (Å²) in [7, 11) is 6.85. The molecule has 0 saturated heterocycles. The van der Waals surface area contributed by atoms with Crippen molar-refractivity contribution in [2.45, 2.75) is 79.9 Å². The Balaban J connectivity index is -0.000000128. The zero-order valence-electron chi connectivity index (χ0n) is 19.7. The van der Waals surface area contributed by atoms with Crippen molar-refractivity contribution >= 4 is 0 Å². The van der Waals surface area contributed by atoms with Crippen LogP contribution in [0.25, 0.3) is 0 Å². The largest absolute Gasteiger partial charge is 0.385 e. The van der Waals surface area contributed by atoms with Crippen molar-refractivity contribution < 1.29 is 23.7 Å². The van der Waals surface area contributed by atoms with Crippen molar-refractivity contribution in [1.29, 1.82) is 0 Å². The van der Waals surface area contributed by atoms with Crippen LogP contribution >= 0.6 is 0 Å². The maximum atomic E-state index is 5.31. The van der Waals surface area contributed by atoms with Crippen LogP contribution in [0.2, 0.25) is 0 Å². The molecule has 164 valence electrons. The number of methoxy groups -OCH3 is 4. The van der Waals surface area contributed by atoms with Gasteiger partial charge in [-0.05, 0) is 39.0 Å². The van der Waals surface area contributed by atoms with Gasteiger partial charge in [0.2, 0.25) is 0 Å². The van der Waals surface area contributed by atoms with Gasteiger partial charge in [-0.25, -0.2) is 0 Å². The lowest BCUT2D eigenvalue weighted by Crippen LogP contribution is -2.14. The monoisotopic (exact) mass is 382 g/mol. The molecule has 0 spiro atoms. The Kier molecular flexibility index (Phi) is 41.7. The summed E-state index contributed by atoms with van der Waals surface area (Å²) in [6.07, 6.45) is 3.99. The Bertz CT molecular complexity index is 195. The molecule has 0 aromatic heterocycles. The maximum Gasteiger partial charge on any atom is 0.0780 e. The molecule has 0 bridgehead atoms. The van der Waals surface area contributed by atoms with Crippen LogP contribution < -0.4 is 0 Å². The Morgan fingerprint density at radius 1 is 0.615 bits per heavy atom. The summed E-state index contributed by atoms with van der Waals surface area (Å²) >= 11 is 0. The van der Waals surface area contributed by atoms with Crippen LogP contribution in [0.4, 0.5) is 0 Å². The summed E-state index contributed by atoms with van der Waals surface area (Å²) in [5.74, 6) is 0.676. The third-order valence-electron chi connectivity index (χ3n) is 2.89. The summed E-state index contributed by atoms with van der Waals surface area (Å²) < 4.78 is 24.6. The molecule has 0 saturated carbocycles. The Morgan fingerprint density at radius 2 is 1.12 bits per heavy atom. The number of hydrogen-bond donors (Lipinski definition) is 0. The van der Waals surface area contributed by atoms with Gasteiger partial charge in [0, 0.05) is 48.3 Å². The maximum absolute atomic E-state index is 5.31. The first-order valence-corrected chi connectivity index (χ1v) is 9.91. The highest BCUT2D eigenvalue weighted by Gasteiger charge is 1.97. The third kappa shape index (κ3) is 49.6. The summed E-state index contributed by atoms with van der Waals surface area (Å²) in [5.41, 5.74) is 0. The zero-order chi connectivity index (χ0) is 21.2. The van der Waals surface area contributed by atoms with Gasteiger partial charge < -0.3 is 23.7 Å². The smallest absolute Gasteiger partial charge is 0.0780 e. The molecule has 26 heavy (non-hydrogen) atoms. The lowest BCUT2D eigenvalue weighted by molar-refractivity contribution is 0.00956. The minimum atomic E-state index is 0.245. The topological polar surface area (TPSA) is 46.2 Å². The second-order valence-electron chi connectivity index (χ2n) is 6.43. The van der Waals surface area contributed by atoms with Gasteiger partial charge in [-0.2, -0.15) is 0 Å². The fraction of sp³-hybridized carbons (Fsp3) is 1.00. The SMILES string of the molecule is CCC(C)OC.CCCOC.CCCOC(C)COC.COCC(C)C. The van der Waals surface area contributed by atoms with Crippen LogP contribution in [0.5, 0.6) is 0 Å². The van der Waals surface area contributed by atoms with E-state index < -0.39 is 0 Å². The predicted molar refractivity (Wildman–Crippen MR) is 113 cm³/mol. The minimum absolute atomic E-state index is 0.245. The first-order chi connectivity index (χ1) is 12.3. The van der Waals surface area contributed by atoms with E-state index in [1.165, 1.54) is 0 Å². The van der Waals surface area contributed by atoms with Gasteiger partial charge in [0.15, 0.2) is 0 Å². The molecule has 0 fully saturated rings. The molecule has 0 N–H and O–H groups in total. The molecular weight excluding hydrogens is 332 g/mol.